The van der Waals surface area contributed by atoms with Crippen molar-refractivity contribution in [3.63, 3.8) is 0 Å². The molecule has 168 valence electrons. The van der Waals surface area contributed by atoms with Gasteiger partial charge in [0.2, 0.25) is 0 Å². The Bertz CT molecular complexity index is 986. The molecule has 2 amide bonds. The third kappa shape index (κ3) is 6.16. The summed E-state index contributed by atoms with van der Waals surface area (Å²) in [5, 5.41) is 19.2. The van der Waals surface area contributed by atoms with Crippen molar-refractivity contribution in [2.24, 2.45) is 13.0 Å². The van der Waals surface area contributed by atoms with Crippen molar-refractivity contribution < 1.29 is 19.5 Å². The zero-order valence-corrected chi connectivity index (χ0v) is 19.2. The number of hydrogen-bond acceptors (Lipinski definition) is 4. The molecular weight excluding hydrogens is 396 g/mol. The third-order valence-electron chi connectivity index (χ3n) is 4.93. The van der Waals surface area contributed by atoms with Crippen molar-refractivity contribution in [1.29, 1.82) is 0 Å². The number of carbonyl (C=O) groups is 3. The summed E-state index contributed by atoms with van der Waals surface area (Å²) in [6.45, 7) is 11.7. The molecule has 0 spiro atoms. The van der Waals surface area contributed by atoms with Crippen LogP contribution in [-0.4, -0.2) is 38.7 Å². The second-order valence-corrected chi connectivity index (χ2v) is 9.27. The van der Waals surface area contributed by atoms with Gasteiger partial charge in [0.1, 0.15) is 11.7 Å². The molecule has 0 radical (unpaired) electrons. The van der Waals surface area contributed by atoms with E-state index in [1.807, 2.05) is 34.6 Å². The highest BCUT2D eigenvalue weighted by molar-refractivity contribution is 6.04. The summed E-state index contributed by atoms with van der Waals surface area (Å²) in [7, 11) is 1.72. The lowest BCUT2D eigenvalue weighted by atomic mass is 9.92. The van der Waals surface area contributed by atoms with E-state index in [2.05, 4.69) is 15.7 Å². The van der Waals surface area contributed by atoms with Crippen LogP contribution in [0.3, 0.4) is 0 Å². The number of hydrogen-bond donors (Lipinski definition) is 3. The minimum atomic E-state index is -1.06. The van der Waals surface area contributed by atoms with Crippen molar-refractivity contribution in [1.82, 2.24) is 15.1 Å². The molecule has 0 saturated heterocycles. The largest absolute Gasteiger partial charge is 0.480 e. The molecule has 3 N–H and O–H groups in total. The summed E-state index contributed by atoms with van der Waals surface area (Å²) in [4.78, 5) is 36.7. The van der Waals surface area contributed by atoms with Crippen LogP contribution in [0.2, 0.25) is 0 Å². The predicted octanol–water partition coefficient (Wildman–Crippen LogP) is 3.51. The van der Waals surface area contributed by atoms with Crippen molar-refractivity contribution in [3.05, 3.63) is 46.8 Å². The number of nitrogens with zero attached hydrogens (tertiary/aromatic N) is 2. The zero-order chi connectivity index (χ0) is 23.5. The van der Waals surface area contributed by atoms with Crippen LogP contribution in [0.4, 0.5) is 5.69 Å². The van der Waals surface area contributed by atoms with E-state index < -0.39 is 17.9 Å². The highest BCUT2D eigenvalue weighted by Crippen LogP contribution is 2.23. The van der Waals surface area contributed by atoms with E-state index in [1.165, 1.54) is 0 Å². The molecule has 0 bridgehead atoms. The molecule has 1 atom stereocenters. The predicted molar refractivity (Wildman–Crippen MR) is 119 cm³/mol. The molecular formula is C23H32N4O4. The monoisotopic (exact) mass is 428 g/mol. The van der Waals surface area contributed by atoms with Gasteiger partial charge < -0.3 is 15.7 Å². The van der Waals surface area contributed by atoms with E-state index in [1.54, 1.807) is 42.9 Å². The summed E-state index contributed by atoms with van der Waals surface area (Å²) in [6, 6.07) is 5.65. The molecule has 0 aliphatic carbocycles. The maximum absolute atomic E-state index is 12.8. The molecule has 1 aromatic carbocycles. The molecule has 1 heterocycles. The molecule has 1 unspecified atom stereocenters. The summed E-state index contributed by atoms with van der Waals surface area (Å²) >= 11 is 0. The lowest BCUT2D eigenvalue weighted by Gasteiger charge is -2.17. The van der Waals surface area contributed by atoms with Crippen LogP contribution in [-0.2, 0) is 17.3 Å². The molecule has 0 aliphatic rings. The average molecular weight is 429 g/mol. The molecule has 31 heavy (non-hydrogen) atoms. The average Bonchev–Trinajstić information content (AvgIpc) is 3.04. The Hall–Kier alpha value is -3.16. The highest BCUT2D eigenvalue weighted by Gasteiger charge is 2.23. The molecule has 0 saturated carbocycles. The second-order valence-electron chi connectivity index (χ2n) is 9.27. The first-order chi connectivity index (χ1) is 14.3. The van der Waals surface area contributed by atoms with Crippen molar-refractivity contribution in [2.75, 3.05) is 5.32 Å². The summed E-state index contributed by atoms with van der Waals surface area (Å²) in [5.41, 5.74) is 2.67. The molecule has 2 rings (SSSR count). The Morgan fingerprint density at radius 2 is 1.77 bits per heavy atom. The van der Waals surface area contributed by atoms with E-state index in [0.29, 0.717) is 28.9 Å². The number of amides is 2. The number of anilines is 1. The lowest BCUT2D eigenvalue weighted by Crippen LogP contribution is -2.41. The number of nitrogens with one attached hydrogen (secondary N) is 2. The van der Waals surface area contributed by atoms with Crippen molar-refractivity contribution in [2.45, 2.75) is 59.4 Å². The van der Waals surface area contributed by atoms with E-state index in [-0.39, 0.29) is 17.2 Å². The maximum Gasteiger partial charge on any atom is 0.326 e. The van der Waals surface area contributed by atoms with Crippen LogP contribution in [0.15, 0.2) is 24.3 Å². The van der Waals surface area contributed by atoms with Gasteiger partial charge in [0.05, 0.1) is 5.69 Å². The van der Waals surface area contributed by atoms with Gasteiger partial charge in [0.25, 0.3) is 11.8 Å². The molecule has 2 aromatic rings. The van der Waals surface area contributed by atoms with Gasteiger partial charge in [0.15, 0.2) is 0 Å². The fourth-order valence-corrected chi connectivity index (χ4v) is 3.11. The quantitative estimate of drug-likeness (QED) is 0.625. The Balaban J connectivity index is 2.16. The summed E-state index contributed by atoms with van der Waals surface area (Å²) in [5.74, 6) is -1.69. The van der Waals surface area contributed by atoms with E-state index in [0.717, 1.165) is 5.69 Å². The first-order valence-electron chi connectivity index (χ1n) is 10.3. The molecule has 1 aromatic heterocycles. The summed E-state index contributed by atoms with van der Waals surface area (Å²) < 4.78 is 1.55. The van der Waals surface area contributed by atoms with Gasteiger partial charge in [-0.1, -0.05) is 34.6 Å². The first kappa shape index (κ1) is 24.1. The minimum absolute atomic E-state index is 0.131. The number of carboxylic acid groups (broad SMARTS) is 1. The molecule has 0 aliphatic heterocycles. The zero-order valence-electron chi connectivity index (χ0n) is 19.2. The van der Waals surface area contributed by atoms with E-state index in [9.17, 15) is 19.5 Å². The van der Waals surface area contributed by atoms with Crippen molar-refractivity contribution in [3.8, 4) is 0 Å². The standard InChI is InChI=1S/C23H32N4O4/c1-13(2)10-17(22(30)31)25-20(28)15-8-9-16(14(3)11-15)24-21(29)18-12-19(23(4,5)6)26-27(18)7/h8-9,11-13,17H,10H2,1-7H3,(H,24,29)(H,25,28)(H,30,31). The lowest BCUT2D eigenvalue weighted by molar-refractivity contribution is -0.139. The number of aromatic nitrogens is 2. The van der Waals surface area contributed by atoms with Gasteiger partial charge in [-0.3, -0.25) is 14.3 Å². The van der Waals surface area contributed by atoms with E-state index >= 15 is 0 Å². The van der Waals surface area contributed by atoms with Gasteiger partial charge in [-0.05, 0) is 49.1 Å². The van der Waals surface area contributed by atoms with Crippen molar-refractivity contribution >= 4 is 23.5 Å². The van der Waals surface area contributed by atoms with Gasteiger partial charge in [0, 0.05) is 23.7 Å². The number of rotatable bonds is 7. The van der Waals surface area contributed by atoms with Gasteiger partial charge in [-0.2, -0.15) is 5.10 Å². The fraction of sp³-hybridized carbons (Fsp3) is 0.478. The van der Waals surface area contributed by atoms with Crippen LogP contribution < -0.4 is 10.6 Å². The smallest absolute Gasteiger partial charge is 0.326 e. The molecule has 8 heteroatoms. The second kappa shape index (κ2) is 9.32. The third-order valence-corrected chi connectivity index (χ3v) is 4.93. The number of aliphatic carboxylic acids is 1. The Kier molecular flexibility index (Phi) is 7.25. The molecule has 0 fully saturated rings. The van der Waals surface area contributed by atoms with E-state index in [4.69, 9.17) is 0 Å². The topological polar surface area (TPSA) is 113 Å². The Morgan fingerprint density at radius 3 is 2.26 bits per heavy atom. The SMILES string of the molecule is Cc1cc(C(=O)NC(CC(C)C)C(=O)O)ccc1NC(=O)c1cc(C(C)(C)C)nn1C. The summed E-state index contributed by atoms with van der Waals surface area (Å²) in [6.07, 6.45) is 0.343. The minimum Gasteiger partial charge on any atom is -0.480 e. The normalized spacial score (nSPS) is 12.5. The maximum atomic E-state index is 12.8. The number of carboxylic acids is 1. The highest BCUT2D eigenvalue weighted by atomic mass is 16.4. The van der Waals surface area contributed by atoms with Crippen LogP contribution in [0, 0.1) is 12.8 Å². The van der Waals surface area contributed by atoms with Crippen LogP contribution in [0.5, 0.6) is 0 Å². The molecule has 8 nitrogen and oxygen atoms in total. The van der Waals surface area contributed by atoms with Gasteiger partial charge in [-0.15, -0.1) is 0 Å². The van der Waals surface area contributed by atoms with Crippen LogP contribution in [0.1, 0.15) is 73.1 Å². The number of aryl methyl sites for hydroxylation is 2. The van der Waals surface area contributed by atoms with Crippen LogP contribution >= 0.6 is 0 Å². The Morgan fingerprint density at radius 1 is 1.13 bits per heavy atom. The fourth-order valence-electron chi connectivity index (χ4n) is 3.11. The number of carbonyl (C=O) groups excluding carboxylic acids is 2. The number of benzene rings is 1. The van der Waals surface area contributed by atoms with Gasteiger partial charge in [-0.25, -0.2) is 4.79 Å². The first-order valence-corrected chi connectivity index (χ1v) is 10.3. The van der Waals surface area contributed by atoms with Gasteiger partial charge >= 0.3 is 5.97 Å². The Labute approximate surface area is 183 Å². The van der Waals surface area contributed by atoms with Crippen LogP contribution in [0.25, 0.3) is 0 Å².